The quantitative estimate of drug-likeness (QED) is 0.221. The van der Waals surface area contributed by atoms with Crippen molar-refractivity contribution in [3.05, 3.63) is 180 Å². The minimum Gasteiger partial charge on any atom is -0.255 e. The summed E-state index contributed by atoms with van der Waals surface area (Å²) < 4.78 is 0. The van der Waals surface area contributed by atoms with Gasteiger partial charge in [-0.3, -0.25) is 9.97 Å². The van der Waals surface area contributed by atoms with Gasteiger partial charge in [0.1, 0.15) is 0 Å². The summed E-state index contributed by atoms with van der Waals surface area (Å²) in [6, 6.07) is 51.6. The lowest BCUT2D eigenvalue weighted by molar-refractivity contribution is 0.769. The highest BCUT2D eigenvalue weighted by molar-refractivity contribution is 6.04. The third kappa shape index (κ3) is 3.81. The van der Waals surface area contributed by atoms with E-state index in [-0.39, 0.29) is 0 Å². The van der Waals surface area contributed by atoms with Crippen LogP contribution in [0.25, 0.3) is 44.4 Å². The second-order valence-electron chi connectivity index (χ2n) is 10.9. The van der Waals surface area contributed by atoms with Crippen LogP contribution in [0.3, 0.4) is 0 Å². The van der Waals surface area contributed by atoms with Gasteiger partial charge in [0, 0.05) is 18.0 Å². The average molecular weight is 548 g/mol. The fraction of sp³-hybridized carbons (Fsp3) is 0.0250. The number of hydrogen-bond acceptors (Lipinski definition) is 3. The number of fused-ring (bicyclic) bond motifs is 5. The molecule has 200 valence electrons. The molecule has 2 aromatic heterocycles. The minimum absolute atomic E-state index is 0.484. The first-order valence-corrected chi connectivity index (χ1v) is 14.4. The van der Waals surface area contributed by atoms with Gasteiger partial charge in [0.2, 0.25) is 0 Å². The molecule has 0 N–H and O–H groups in total. The van der Waals surface area contributed by atoms with Gasteiger partial charge < -0.3 is 0 Å². The van der Waals surface area contributed by atoms with E-state index in [1.54, 1.807) is 18.3 Å². The number of rotatable bonds is 4. The maximum Gasteiger partial charge on any atom is 0.0992 e. The van der Waals surface area contributed by atoms with E-state index in [1.165, 1.54) is 44.2 Å². The second-order valence-corrected chi connectivity index (χ2v) is 10.9. The van der Waals surface area contributed by atoms with E-state index in [0.29, 0.717) is 11.3 Å². The van der Waals surface area contributed by atoms with Gasteiger partial charge in [-0.25, -0.2) is 0 Å². The number of nitrogens with zero attached hydrogens (tertiary/aromatic N) is 3. The highest BCUT2D eigenvalue weighted by Crippen LogP contribution is 2.58. The van der Waals surface area contributed by atoms with Crippen LogP contribution in [0.4, 0.5) is 0 Å². The molecular formula is C40H25N3. The Labute approximate surface area is 250 Å². The summed E-state index contributed by atoms with van der Waals surface area (Å²) in [5, 5.41) is 11.8. The van der Waals surface area contributed by atoms with Gasteiger partial charge in [0.25, 0.3) is 0 Å². The summed E-state index contributed by atoms with van der Waals surface area (Å²) in [6.07, 6.45) is 3.56. The number of pyridine rings is 2. The van der Waals surface area contributed by atoms with E-state index in [4.69, 9.17) is 4.98 Å². The summed E-state index contributed by atoms with van der Waals surface area (Å²) >= 11 is 0. The molecule has 0 unspecified atom stereocenters. The van der Waals surface area contributed by atoms with Crippen LogP contribution in [-0.2, 0) is 5.41 Å². The van der Waals surface area contributed by atoms with Crippen molar-refractivity contribution in [2.75, 3.05) is 0 Å². The third-order valence-electron chi connectivity index (χ3n) is 8.69. The maximum absolute atomic E-state index is 9.31. The minimum atomic E-state index is -0.484. The molecule has 2 heterocycles. The van der Waals surface area contributed by atoms with Crippen molar-refractivity contribution in [3.63, 3.8) is 0 Å². The Morgan fingerprint density at radius 2 is 1.28 bits per heavy atom. The van der Waals surface area contributed by atoms with Crippen molar-refractivity contribution < 1.29 is 0 Å². The SMILES string of the molecule is N#Cc1ccnc(-c2ccc(-c3ccc4c(c3)C(c3ccccc3)(c3ccccc3)c3ccc5ccccc5c3-4)cn2)c1. The fourth-order valence-corrected chi connectivity index (χ4v) is 6.79. The molecule has 1 aliphatic carbocycles. The van der Waals surface area contributed by atoms with Crippen LogP contribution in [0.1, 0.15) is 27.8 Å². The average Bonchev–Trinajstić information content (AvgIpc) is 3.40. The van der Waals surface area contributed by atoms with E-state index in [2.05, 4.69) is 132 Å². The second kappa shape index (κ2) is 9.91. The van der Waals surface area contributed by atoms with Crippen molar-refractivity contribution >= 4 is 10.8 Å². The van der Waals surface area contributed by atoms with Crippen LogP contribution in [-0.4, -0.2) is 9.97 Å². The summed E-state index contributed by atoms with van der Waals surface area (Å²) in [5.41, 5.74) is 11.2. The highest BCUT2D eigenvalue weighted by Gasteiger charge is 2.46. The Balaban J connectivity index is 1.38. The molecule has 3 heteroatoms. The Bertz CT molecular complexity index is 2140. The van der Waals surface area contributed by atoms with Gasteiger partial charge in [-0.2, -0.15) is 5.26 Å². The van der Waals surface area contributed by atoms with Crippen LogP contribution < -0.4 is 0 Å². The molecule has 0 radical (unpaired) electrons. The molecule has 0 saturated heterocycles. The van der Waals surface area contributed by atoms with Gasteiger partial charge in [-0.1, -0.05) is 115 Å². The van der Waals surface area contributed by atoms with Crippen LogP contribution in [0.15, 0.2) is 152 Å². The molecule has 0 spiro atoms. The van der Waals surface area contributed by atoms with E-state index >= 15 is 0 Å². The van der Waals surface area contributed by atoms with Gasteiger partial charge in [-0.15, -0.1) is 0 Å². The van der Waals surface area contributed by atoms with Crippen molar-refractivity contribution in [2.45, 2.75) is 5.41 Å². The molecule has 0 fully saturated rings. The first kappa shape index (κ1) is 24.9. The Kier molecular flexibility index (Phi) is 5.74. The van der Waals surface area contributed by atoms with E-state index < -0.39 is 5.41 Å². The van der Waals surface area contributed by atoms with Crippen molar-refractivity contribution in [1.82, 2.24) is 9.97 Å². The molecular weight excluding hydrogens is 522 g/mol. The molecule has 3 nitrogen and oxygen atoms in total. The molecule has 0 saturated carbocycles. The number of aromatic nitrogens is 2. The Morgan fingerprint density at radius 3 is 2.00 bits per heavy atom. The van der Waals surface area contributed by atoms with Crippen LogP contribution in [0.5, 0.6) is 0 Å². The lowest BCUT2D eigenvalue weighted by atomic mass is 9.67. The molecule has 0 atom stereocenters. The van der Waals surface area contributed by atoms with Crippen molar-refractivity contribution in [3.8, 4) is 39.7 Å². The van der Waals surface area contributed by atoms with Gasteiger partial charge in [-0.05, 0) is 74.0 Å². The molecule has 8 rings (SSSR count). The zero-order chi connectivity index (χ0) is 28.8. The summed E-state index contributed by atoms with van der Waals surface area (Å²) in [5.74, 6) is 0. The van der Waals surface area contributed by atoms with Crippen molar-refractivity contribution in [2.24, 2.45) is 0 Å². The lowest BCUT2D eigenvalue weighted by Crippen LogP contribution is -2.28. The molecule has 43 heavy (non-hydrogen) atoms. The van der Waals surface area contributed by atoms with Gasteiger partial charge in [0.05, 0.1) is 28.4 Å². The number of hydrogen-bond donors (Lipinski definition) is 0. The largest absolute Gasteiger partial charge is 0.255 e. The highest BCUT2D eigenvalue weighted by atomic mass is 14.8. The molecule has 1 aliphatic rings. The van der Waals surface area contributed by atoms with E-state index in [9.17, 15) is 5.26 Å². The first-order valence-electron chi connectivity index (χ1n) is 14.4. The lowest BCUT2D eigenvalue weighted by Gasteiger charge is -2.34. The van der Waals surface area contributed by atoms with Gasteiger partial charge in [0.15, 0.2) is 0 Å². The van der Waals surface area contributed by atoms with Gasteiger partial charge >= 0.3 is 0 Å². The molecule has 0 bridgehead atoms. The number of benzene rings is 5. The molecule has 7 aromatic rings. The standard InChI is InChI=1S/C40H25N3/c41-25-27-21-22-42-38(23-27)37-20-17-30(26-43-37)29-15-18-34-36(24-29)40(31-10-3-1-4-11-31,32-12-5-2-6-13-32)35-19-16-28-9-7-8-14-33(28)39(34)35/h1-24,26H. The van der Waals surface area contributed by atoms with Crippen molar-refractivity contribution in [1.29, 1.82) is 5.26 Å². The predicted octanol–water partition coefficient (Wildman–Crippen LogP) is 9.20. The third-order valence-corrected chi connectivity index (χ3v) is 8.69. The normalized spacial score (nSPS) is 12.8. The molecule has 5 aromatic carbocycles. The maximum atomic E-state index is 9.31. The summed E-state index contributed by atoms with van der Waals surface area (Å²) in [7, 11) is 0. The summed E-state index contributed by atoms with van der Waals surface area (Å²) in [4.78, 5) is 9.18. The van der Waals surface area contributed by atoms with Crippen LogP contribution in [0, 0.1) is 11.3 Å². The molecule has 0 amide bonds. The number of nitriles is 1. The summed E-state index contributed by atoms with van der Waals surface area (Å²) in [6.45, 7) is 0. The Hall–Kier alpha value is -5.85. The van der Waals surface area contributed by atoms with E-state index in [0.717, 1.165) is 16.8 Å². The smallest absolute Gasteiger partial charge is 0.0992 e. The van der Waals surface area contributed by atoms with Crippen LogP contribution in [0.2, 0.25) is 0 Å². The molecule has 0 aliphatic heterocycles. The monoisotopic (exact) mass is 547 g/mol. The predicted molar refractivity (Wildman–Crippen MR) is 172 cm³/mol. The fourth-order valence-electron chi connectivity index (χ4n) is 6.79. The van der Waals surface area contributed by atoms with E-state index in [1.807, 2.05) is 12.3 Å². The topological polar surface area (TPSA) is 49.6 Å². The van der Waals surface area contributed by atoms with Crippen LogP contribution >= 0.6 is 0 Å². The first-order chi connectivity index (χ1) is 21.3. The Morgan fingerprint density at radius 1 is 0.558 bits per heavy atom. The zero-order valence-corrected chi connectivity index (χ0v) is 23.3. The zero-order valence-electron chi connectivity index (χ0n) is 23.3.